The normalized spacial score (nSPS) is 11.7. The van der Waals surface area contributed by atoms with E-state index in [-0.39, 0.29) is 5.91 Å². The zero-order chi connectivity index (χ0) is 11.5. The van der Waals surface area contributed by atoms with Gasteiger partial charge in [0.2, 0.25) is 5.91 Å². The molecule has 0 bridgehead atoms. The van der Waals surface area contributed by atoms with Gasteiger partial charge in [0.25, 0.3) is 0 Å². The van der Waals surface area contributed by atoms with Crippen LogP contribution in [0.4, 0.5) is 0 Å². The van der Waals surface area contributed by atoms with Gasteiger partial charge in [-0.3, -0.25) is 4.79 Å². The quantitative estimate of drug-likeness (QED) is 0.389. The van der Waals surface area contributed by atoms with E-state index < -0.39 is 0 Å². The first-order chi connectivity index (χ1) is 7.24. The fraction of sp³-hybridized carbons (Fsp3) is 0.417. The third kappa shape index (κ3) is 8.06. The van der Waals surface area contributed by atoms with Crippen LogP contribution in [0.5, 0.6) is 0 Å². The number of unbranched alkanes of at least 4 members (excludes halogenated alkanes) is 1. The summed E-state index contributed by atoms with van der Waals surface area (Å²) in [4.78, 5) is 11.4. The zero-order valence-electron chi connectivity index (χ0n) is 9.20. The predicted molar refractivity (Wildman–Crippen MR) is 68.9 cm³/mol. The Morgan fingerprint density at radius 1 is 1.47 bits per heavy atom. The molecule has 0 aliphatic rings. The smallest absolute Gasteiger partial charge is 0.224 e. The topological polar surface area (TPSA) is 29.1 Å². The lowest BCUT2D eigenvalue weighted by atomic mass is 10.2. The Labute approximate surface area is 97.6 Å². The van der Waals surface area contributed by atoms with E-state index in [1.165, 1.54) is 0 Å². The molecule has 0 aromatic rings. The number of hydrogen-bond donors (Lipinski definition) is 2. The van der Waals surface area contributed by atoms with Gasteiger partial charge in [0.1, 0.15) is 0 Å². The van der Waals surface area contributed by atoms with Crippen molar-refractivity contribution in [3.63, 3.8) is 0 Å². The second-order valence-corrected chi connectivity index (χ2v) is 3.53. The Bertz CT molecular complexity index is 256. The molecule has 2 nitrogen and oxygen atoms in total. The van der Waals surface area contributed by atoms with E-state index in [9.17, 15) is 4.79 Å². The standard InChI is InChI=1S/C12H19NOS/c1-3-7-11(8-4-2)13-12(14)9-5-6-10-15/h3-4,7-8,15H,1,5-6,9-10H2,2H3,(H,13,14)/b8-4-,11-7+. The first-order valence-corrected chi connectivity index (χ1v) is 5.74. The van der Waals surface area contributed by atoms with Crippen LogP contribution in [0.3, 0.4) is 0 Å². The van der Waals surface area contributed by atoms with Crippen LogP contribution in [0.1, 0.15) is 26.2 Å². The maximum absolute atomic E-state index is 11.4. The van der Waals surface area contributed by atoms with Gasteiger partial charge in [-0.25, -0.2) is 0 Å². The third-order valence-electron chi connectivity index (χ3n) is 1.74. The average Bonchev–Trinajstić information content (AvgIpc) is 2.19. The van der Waals surface area contributed by atoms with Crippen molar-refractivity contribution >= 4 is 18.5 Å². The van der Waals surface area contributed by atoms with Crippen LogP contribution in [0.2, 0.25) is 0 Å². The number of hydrogen-bond acceptors (Lipinski definition) is 2. The van der Waals surface area contributed by atoms with Crippen molar-refractivity contribution in [3.8, 4) is 0 Å². The molecule has 0 aliphatic carbocycles. The van der Waals surface area contributed by atoms with E-state index in [2.05, 4.69) is 24.5 Å². The second kappa shape index (κ2) is 9.59. The third-order valence-corrected chi connectivity index (χ3v) is 2.06. The Morgan fingerprint density at radius 3 is 2.73 bits per heavy atom. The number of allylic oxidation sites excluding steroid dienone is 4. The van der Waals surface area contributed by atoms with Gasteiger partial charge in [-0.15, -0.1) is 0 Å². The minimum absolute atomic E-state index is 0.0444. The van der Waals surface area contributed by atoms with Gasteiger partial charge in [-0.05, 0) is 37.7 Å². The largest absolute Gasteiger partial charge is 0.326 e. The second-order valence-electron chi connectivity index (χ2n) is 3.09. The lowest BCUT2D eigenvalue weighted by Gasteiger charge is -2.04. The maximum atomic E-state index is 11.4. The molecule has 0 fully saturated rings. The summed E-state index contributed by atoms with van der Waals surface area (Å²) in [6.07, 6.45) is 9.56. The Hall–Kier alpha value is -0.960. The fourth-order valence-corrected chi connectivity index (χ4v) is 1.29. The summed E-state index contributed by atoms with van der Waals surface area (Å²) in [5, 5.41) is 2.82. The van der Waals surface area contributed by atoms with Crippen molar-refractivity contribution < 1.29 is 4.79 Å². The zero-order valence-corrected chi connectivity index (χ0v) is 10.1. The van der Waals surface area contributed by atoms with Crippen LogP contribution in [-0.2, 0) is 4.79 Å². The van der Waals surface area contributed by atoms with Crippen molar-refractivity contribution in [2.75, 3.05) is 5.75 Å². The van der Waals surface area contributed by atoms with Gasteiger partial charge < -0.3 is 5.32 Å². The molecule has 1 N–H and O–H groups in total. The maximum Gasteiger partial charge on any atom is 0.224 e. The van der Waals surface area contributed by atoms with E-state index in [4.69, 9.17) is 0 Å². The van der Waals surface area contributed by atoms with Crippen molar-refractivity contribution in [2.45, 2.75) is 26.2 Å². The van der Waals surface area contributed by atoms with Gasteiger partial charge >= 0.3 is 0 Å². The van der Waals surface area contributed by atoms with Crippen molar-refractivity contribution in [2.24, 2.45) is 0 Å². The molecule has 0 unspecified atom stereocenters. The molecule has 0 aromatic heterocycles. The highest BCUT2D eigenvalue weighted by Crippen LogP contribution is 1.99. The molecule has 15 heavy (non-hydrogen) atoms. The highest BCUT2D eigenvalue weighted by molar-refractivity contribution is 7.80. The summed E-state index contributed by atoms with van der Waals surface area (Å²) in [6.45, 7) is 5.50. The lowest BCUT2D eigenvalue weighted by Crippen LogP contribution is -2.21. The monoisotopic (exact) mass is 225 g/mol. The Kier molecular flexibility index (Phi) is 8.98. The molecule has 0 heterocycles. The van der Waals surface area contributed by atoms with Crippen LogP contribution >= 0.6 is 12.6 Å². The van der Waals surface area contributed by atoms with Crippen LogP contribution in [-0.4, -0.2) is 11.7 Å². The molecular weight excluding hydrogens is 206 g/mol. The molecule has 0 aliphatic heterocycles. The van der Waals surface area contributed by atoms with Crippen LogP contribution in [0.15, 0.2) is 36.6 Å². The van der Waals surface area contributed by atoms with Crippen molar-refractivity contribution in [3.05, 3.63) is 36.6 Å². The molecule has 84 valence electrons. The summed E-state index contributed by atoms with van der Waals surface area (Å²) in [5.41, 5.74) is 0.781. The fourth-order valence-electron chi connectivity index (χ4n) is 1.07. The van der Waals surface area contributed by atoms with Gasteiger partial charge in [0.15, 0.2) is 0 Å². The Balaban J connectivity index is 4.00. The number of rotatable bonds is 7. The highest BCUT2D eigenvalue weighted by Gasteiger charge is 2.01. The number of carbonyl (C=O) groups is 1. The summed E-state index contributed by atoms with van der Waals surface area (Å²) >= 11 is 4.09. The number of nitrogens with one attached hydrogen (secondary N) is 1. The molecule has 0 radical (unpaired) electrons. The molecule has 0 rings (SSSR count). The van der Waals surface area contributed by atoms with E-state index in [0.29, 0.717) is 6.42 Å². The van der Waals surface area contributed by atoms with Gasteiger partial charge in [-0.1, -0.05) is 18.7 Å². The molecule has 0 saturated carbocycles. The van der Waals surface area contributed by atoms with Crippen LogP contribution in [0, 0.1) is 0 Å². The molecule has 3 heteroatoms. The highest BCUT2D eigenvalue weighted by atomic mass is 32.1. The van der Waals surface area contributed by atoms with E-state index >= 15 is 0 Å². The Morgan fingerprint density at radius 2 is 2.20 bits per heavy atom. The minimum atomic E-state index is 0.0444. The van der Waals surface area contributed by atoms with E-state index in [0.717, 1.165) is 24.3 Å². The molecule has 0 spiro atoms. The minimum Gasteiger partial charge on any atom is -0.326 e. The van der Waals surface area contributed by atoms with E-state index in [1.807, 2.05) is 19.1 Å². The first-order valence-electron chi connectivity index (χ1n) is 5.10. The van der Waals surface area contributed by atoms with Crippen LogP contribution in [0.25, 0.3) is 0 Å². The summed E-state index contributed by atoms with van der Waals surface area (Å²) < 4.78 is 0. The van der Waals surface area contributed by atoms with Gasteiger partial charge in [-0.2, -0.15) is 12.6 Å². The number of amides is 1. The van der Waals surface area contributed by atoms with Crippen molar-refractivity contribution in [1.29, 1.82) is 0 Å². The molecule has 1 amide bonds. The average molecular weight is 225 g/mol. The molecule has 0 atom stereocenters. The number of carbonyl (C=O) groups excluding carboxylic acids is 1. The lowest BCUT2D eigenvalue weighted by molar-refractivity contribution is -0.120. The van der Waals surface area contributed by atoms with Gasteiger partial charge in [0, 0.05) is 12.1 Å². The SMILES string of the molecule is C=C/C=C(\C=C/C)NC(=O)CCCCS. The van der Waals surface area contributed by atoms with E-state index in [1.54, 1.807) is 12.2 Å². The summed E-state index contributed by atoms with van der Waals surface area (Å²) in [5.74, 6) is 0.875. The predicted octanol–water partition coefficient (Wildman–Crippen LogP) is 2.85. The molecule has 0 aromatic carbocycles. The van der Waals surface area contributed by atoms with Crippen LogP contribution < -0.4 is 5.32 Å². The summed E-state index contributed by atoms with van der Waals surface area (Å²) in [7, 11) is 0. The molecule has 0 saturated heterocycles. The molecular formula is C12H19NOS. The first kappa shape index (κ1) is 14.0. The number of thiol groups is 1. The van der Waals surface area contributed by atoms with Crippen molar-refractivity contribution in [1.82, 2.24) is 5.32 Å². The summed E-state index contributed by atoms with van der Waals surface area (Å²) in [6, 6.07) is 0. The van der Waals surface area contributed by atoms with Gasteiger partial charge in [0.05, 0.1) is 0 Å².